The number of aliphatic hydroxyl groups is 2. The standard InChI is InChI=1S/C21H36O5/c1-3-4-13-21(2,26)14-9-11-17-16(18(22)15-19(17)23)10-7-5-6-8-12-20(24)25/h9,11,16-17,19,23,26H,3-8,10,12-15H2,1-2H3,(H,24,25)/p-1/b11-9+/t16-,17-,19-,21?/m1/s1. The maximum Gasteiger partial charge on any atom is 0.139 e. The summed E-state index contributed by atoms with van der Waals surface area (Å²) in [5, 5.41) is 30.9. The molecule has 0 aliphatic heterocycles. The summed E-state index contributed by atoms with van der Waals surface area (Å²) in [5.41, 5.74) is -0.741. The van der Waals surface area contributed by atoms with E-state index in [1.54, 1.807) is 0 Å². The third kappa shape index (κ3) is 8.45. The van der Waals surface area contributed by atoms with Crippen molar-refractivity contribution in [3.8, 4) is 0 Å². The molecule has 0 spiro atoms. The molecule has 1 aliphatic carbocycles. The summed E-state index contributed by atoms with van der Waals surface area (Å²) in [7, 11) is 0. The van der Waals surface area contributed by atoms with Crippen LogP contribution in [0.1, 0.15) is 84.5 Å². The summed E-state index contributed by atoms with van der Waals surface area (Å²) in [5.74, 6) is -1.24. The normalized spacial score (nSPS) is 25.7. The number of carbonyl (C=O) groups is 2. The molecule has 0 radical (unpaired) electrons. The zero-order chi connectivity index (χ0) is 19.6. The number of Topliss-reactive ketones (excluding diaryl/α,β-unsaturated/α-hetero) is 1. The predicted octanol–water partition coefficient (Wildman–Crippen LogP) is 2.53. The monoisotopic (exact) mass is 367 g/mol. The maximum absolute atomic E-state index is 12.2. The lowest BCUT2D eigenvalue weighted by atomic mass is 9.87. The number of aliphatic carboxylic acids is 1. The van der Waals surface area contributed by atoms with Gasteiger partial charge in [0, 0.05) is 24.2 Å². The minimum absolute atomic E-state index is 0.0877. The van der Waals surface area contributed by atoms with Crippen LogP contribution < -0.4 is 5.11 Å². The molecule has 150 valence electrons. The number of unbranched alkanes of at least 4 members (excludes halogenated alkanes) is 4. The van der Waals surface area contributed by atoms with Gasteiger partial charge in [-0.25, -0.2) is 0 Å². The van der Waals surface area contributed by atoms with Crippen LogP contribution in [0.5, 0.6) is 0 Å². The Bertz CT molecular complexity index is 469. The molecule has 26 heavy (non-hydrogen) atoms. The SMILES string of the molecule is CCCCC(C)(O)C/C=C/[C@H]1[C@H](O)CC(=O)[C@@H]1CCCCCCC(=O)[O-]. The molecular formula is C21H35O5-. The highest BCUT2D eigenvalue weighted by molar-refractivity contribution is 5.84. The van der Waals surface area contributed by atoms with E-state index >= 15 is 0 Å². The highest BCUT2D eigenvalue weighted by atomic mass is 16.4. The maximum atomic E-state index is 12.2. The fourth-order valence-corrected chi connectivity index (χ4v) is 3.72. The molecule has 1 rings (SSSR count). The van der Waals surface area contributed by atoms with E-state index in [9.17, 15) is 24.9 Å². The molecule has 5 nitrogen and oxygen atoms in total. The Hall–Kier alpha value is -1.20. The van der Waals surface area contributed by atoms with Crippen LogP contribution in [-0.2, 0) is 9.59 Å². The van der Waals surface area contributed by atoms with Crippen molar-refractivity contribution in [1.29, 1.82) is 0 Å². The van der Waals surface area contributed by atoms with Crippen LogP contribution in [0.15, 0.2) is 12.2 Å². The summed E-state index contributed by atoms with van der Waals surface area (Å²) in [6.45, 7) is 3.92. The first-order valence-electron chi connectivity index (χ1n) is 10.1. The average molecular weight is 368 g/mol. The second kappa shape index (κ2) is 11.5. The van der Waals surface area contributed by atoms with Crippen molar-refractivity contribution in [3.05, 3.63) is 12.2 Å². The highest BCUT2D eigenvalue weighted by Gasteiger charge is 2.39. The lowest BCUT2D eigenvalue weighted by Gasteiger charge is -2.22. The quantitative estimate of drug-likeness (QED) is 0.385. The topological polar surface area (TPSA) is 97.7 Å². The van der Waals surface area contributed by atoms with E-state index in [4.69, 9.17) is 0 Å². The molecule has 1 saturated carbocycles. The summed E-state index contributed by atoms with van der Waals surface area (Å²) < 4.78 is 0. The zero-order valence-electron chi connectivity index (χ0n) is 16.3. The summed E-state index contributed by atoms with van der Waals surface area (Å²) >= 11 is 0. The number of carboxylic acid groups (broad SMARTS) is 1. The Kier molecular flexibility index (Phi) is 10.1. The minimum atomic E-state index is -1.01. The molecule has 1 unspecified atom stereocenters. The Morgan fingerprint density at radius 3 is 2.62 bits per heavy atom. The Morgan fingerprint density at radius 2 is 1.96 bits per heavy atom. The lowest BCUT2D eigenvalue weighted by molar-refractivity contribution is -0.305. The molecule has 0 aromatic rings. The highest BCUT2D eigenvalue weighted by Crippen LogP contribution is 2.34. The number of hydrogen-bond donors (Lipinski definition) is 2. The van der Waals surface area contributed by atoms with E-state index in [1.165, 1.54) is 0 Å². The van der Waals surface area contributed by atoms with E-state index < -0.39 is 17.7 Å². The van der Waals surface area contributed by atoms with Crippen molar-refractivity contribution in [2.75, 3.05) is 0 Å². The molecule has 0 saturated heterocycles. The van der Waals surface area contributed by atoms with Gasteiger partial charge in [0.05, 0.1) is 11.7 Å². The third-order valence-electron chi connectivity index (χ3n) is 5.36. The molecular weight excluding hydrogens is 332 g/mol. The predicted molar refractivity (Wildman–Crippen MR) is 99.2 cm³/mol. The molecule has 0 bridgehead atoms. The van der Waals surface area contributed by atoms with Crippen LogP contribution in [0.25, 0.3) is 0 Å². The average Bonchev–Trinajstić information content (AvgIpc) is 2.82. The van der Waals surface area contributed by atoms with Crippen molar-refractivity contribution in [2.45, 2.75) is 96.2 Å². The molecule has 0 amide bonds. The van der Waals surface area contributed by atoms with Crippen LogP contribution in [-0.4, -0.2) is 33.7 Å². The van der Waals surface area contributed by atoms with Crippen molar-refractivity contribution < 1.29 is 24.9 Å². The van der Waals surface area contributed by atoms with Gasteiger partial charge in [-0.2, -0.15) is 0 Å². The number of carboxylic acids is 1. The largest absolute Gasteiger partial charge is 0.550 e. The third-order valence-corrected chi connectivity index (χ3v) is 5.36. The van der Waals surface area contributed by atoms with Crippen LogP contribution in [0.2, 0.25) is 0 Å². The van der Waals surface area contributed by atoms with Crippen LogP contribution in [0.4, 0.5) is 0 Å². The van der Waals surface area contributed by atoms with Gasteiger partial charge in [-0.1, -0.05) is 51.2 Å². The van der Waals surface area contributed by atoms with Gasteiger partial charge in [0.2, 0.25) is 0 Å². The fourth-order valence-electron chi connectivity index (χ4n) is 3.72. The van der Waals surface area contributed by atoms with Crippen molar-refractivity contribution in [3.63, 3.8) is 0 Å². The number of ketones is 1. The van der Waals surface area contributed by atoms with Crippen LogP contribution in [0, 0.1) is 11.8 Å². The van der Waals surface area contributed by atoms with E-state index in [0.29, 0.717) is 12.8 Å². The van der Waals surface area contributed by atoms with Gasteiger partial charge in [-0.05, 0) is 39.0 Å². The summed E-state index contributed by atoms with van der Waals surface area (Å²) in [6.07, 6.45) is 10.7. The number of carbonyl (C=O) groups excluding carboxylic acids is 2. The van der Waals surface area contributed by atoms with Gasteiger partial charge in [-0.15, -0.1) is 0 Å². The first-order valence-corrected chi connectivity index (χ1v) is 10.1. The second-order valence-corrected chi connectivity index (χ2v) is 7.98. The molecule has 2 N–H and O–H groups in total. The van der Waals surface area contributed by atoms with E-state index in [-0.39, 0.29) is 30.5 Å². The molecule has 0 aromatic heterocycles. The van der Waals surface area contributed by atoms with E-state index in [2.05, 4.69) is 6.92 Å². The van der Waals surface area contributed by atoms with Crippen LogP contribution in [0.3, 0.4) is 0 Å². The summed E-state index contributed by atoms with van der Waals surface area (Å²) in [6, 6.07) is 0. The van der Waals surface area contributed by atoms with Gasteiger partial charge >= 0.3 is 0 Å². The molecule has 5 heteroatoms. The number of aliphatic hydroxyl groups excluding tert-OH is 1. The fraction of sp³-hybridized carbons (Fsp3) is 0.810. The Labute approximate surface area is 157 Å². The number of rotatable bonds is 13. The van der Waals surface area contributed by atoms with Crippen molar-refractivity contribution in [2.24, 2.45) is 11.8 Å². The lowest BCUT2D eigenvalue weighted by Crippen LogP contribution is -2.23. The van der Waals surface area contributed by atoms with Gasteiger partial charge in [-0.3, -0.25) is 4.79 Å². The molecule has 4 atom stereocenters. The van der Waals surface area contributed by atoms with Gasteiger partial charge < -0.3 is 20.1 Å². The van der Waals surface area contributed by atoms with E-state index in [0.717, 1.165) is 44.9 Å². The summed E-state index contributed by atoms with van der Waals surface area (Å²) in [4.78, 5) is 22.6. The first-order chi connectivity index (χ1) is 12.3. The first kappa shape index (κ1) is 22.8. The van der Waals surface area contributed by atoms with Crippen LogP contribution >= 0.6 is 0 Å². The van der Waals surface area contributed by atoms with Gasteiger partial charge in [0.1, 0.15) is 5.78 Å². The Morgan fingerprint density at radius 1 is 1.27 bits per heavy atom. The Balaban J connectivity index is 2.44. The molecule has 0 heterocycles. The van der Waals surface area contributed by atoms with Crippen molar-refractivity contribution in [1.82, 2.24) is 0 Å². The molecule has 1 fully saturated rings. The number of hydrogen-bond acceptors (Lipinski definition) is 5. The second-order valence-electron chi connectivity index (χ2n) is 7.98. The zero-order valence-corrected chi connectivity index (χ0v) is 16.3. The van der Waals surface area contributed by atoms with Gasteiger partial charge in [0.15, 0.2) is 0 Å². The minimum Gasteiger partial charge on any atom is -0.550 e. The van der Waals surface area contributed by atoms with E-state index in [1.807, 2.05) is 19.1 Å². The van der Waals surface area contributed by atoms with Crippen molar-refractivity contribution >= 4 is 11.8 Å². The smallest absolute Gasteiger partial charge is 0.139 e. The molecule has 0 aromatic carbocycles. The van der Waals surface area contributed by atoms with Gasteiger partial charge in [0.25, 0.3) is 0 Å². The molecule has 1 aliphatic rings.